The molecular formula is C16H24N4O3. The number of carbonyl (C=O) groups excluding carboxylic acids is 2. The van der Waals surface area contributed by atoms with Crippen LogP contribution in [0.4, 0.5) is 0 Å². The van der Waals surface area contributed by atoms with Gasteiger partial charge in [0.2, 0.25) is 11.8 Å². The number of amides is 2. The maximum absolute atomic E-state index is 12.3. The number of rotatable bonds is 4. The van der Waals surface area contributed by atoms with E-state index >= 15 is 0 Å². The number of hydrogen-bond acceptors (Lipinski definition) is 5. The first-order valence-electron chi connectivity index (χ1n) is 8.50. The van der Waals surface area contributed by atoms with Crippen molar-refractivity contribution in [3.8, 4) is 0 Å². The maximum atomic E-state index is 12.3. The molecule has 2 aliphatic rings. The van der Waals surface area contributed by atoms with Crippen molar-refractivity contribution in [3.05, 3.63) is 11.4 Å². The number of aryl methyl sites for hydroxylation is 1. The van der Waals surface area contributed by atoms with E-state index in [0.29, 0.717) is 30.4 Å². The van der Waals surface area contributed by atoms with Crippen molar-refractivity contribution < 1.29 is 14.2 Å². The molecule has 2 heterocycles. The van der Waals surface area contributed by atoms with Crippen LogP contribution in [-0.2, 0) is 16.0 Å². The van der Waals surface area contributed by atoms with Crippen LogP contribution in [0.3, 0.4) is 0 Å². The summed E-state index contributed by atoms with van der Waals surface area (Å²) in [6.45, 7) is 2.39. The highest BCUT2D eigenvalue weighted by molar-refractivity contribution is 5.83. The summed E-state index contributed by atoms with van der Waals surface area (Å²) in [5.74, 6) is 0.0331. The van der Waals surface area contributed by atoms with Gasteiger partial charge in [-0.2, -0.15) is 0 Å². The Morgan fingerprint density at radius 3 is 2.65 bits per heavy atom. The van der Waals surface area contributed by atoms with E-state index in [-0.39, 0.29) is 24.3 Å². The zero-order valence-corrected chi connectivity index (χ0v) is 13.6. The van der Waals surface area contributed by atoms with Crippen LogP contribution >= 0.6 is 0 Å². The minimum atomic E-state index is -0.135. The molecule has 3 rings (SSSR count). The van der Waals surface area contributed by atoms with E-state index in [2.05, 4.69) is 20.3 Å². The molecule has 126 valence electrons. The Kier molecular flexibility index (Phi) is 4.93. The van der Waals surface area contributed by atoms with Crippen LogP contribution < -0.4 is 5.32 Å². The molecule has 0 unspecified atom stereocenters. The Morgan fingerprint density at radius 1 is 1.26 bits per heavy atom. The fraction of sp³-hybridized carbons (Fsp3) is 0.750. The fourth-order valence-electron chi connectivity index (χ4n) is 3.59. The predicted molar refractivity (Wildman–Crippen MR) is 82.5 cm³/mol. The van der Waals surface area contributed by atoms with Gasteiger partial charge in [0.05, 0.1) is 12.5 Å². The van der Waals surface area contributed by atoms with Gasteiger partial charge in [0.25, 0.3) is 0 Å². The molecule has 7 heteroatoms. The van der Waals surface area contributed by atoms with Gasteiger partial charge in [0, 0.05) is 19.0 Å². The first kappa shape index (κ1) is 16.0. The van der Waals surface area contributed by atoms with E-state index in [4.69, 9.17) is 0 Å². The molecule has 1 aliphatic carbocycles. The summed E-state index contributed by atoms with van der Waals surface area (Å²) < 4.78 is 4.60. The molecule has 1 N–H and O–H groups in total. The summed E-state index contributed by atoms with van der Waals surface area (Å²) in [6, 6.07) is 0.257. The van der Waals surface area contributed by atoms with Crippen molar-refractivity contribution >= 4 is 11.8 Å². The van der Waals surface area contributed by atoms with Crippen LogP contribution in [0.25, 0.3) is 0 Å². The van der Waals surface area contributed by atoms with Crippen molar-refractivity contribution in [2.75, 3.05) is 6.54 Å². The van der Waals surface area contributed by atoms with Crippen molar-refractivity contribution in [2.24, 2.45) is 0 Å². The van der Waals surface area contributed by atoms with E-state index in [0.717, 1.165) is 12.8 Å². The van der Waals surface area contributed by atoms with Crippen LogP contribution in [0.5, 0.6) is 0 Å². The van der Waals surface area contributed by atoms with E-state index in [1.54, 1.807) is 6.92 Å². The highest BCUT2D eigenvalue weighted by Crippen LogP contribution is 2.25. The van der Waals surface area contributed by atoms with Crippen LogP contribution in [0, 0.1) is 6.92 Å². The molecule has 7 nitrogen and oxygen atoms in total. The minimum Gasteiger partial charge on any atom is -0.351 e. The standard InChI is InChI=1S/C16H24N4O3/c1-11-14(19-23-18-11)9-15(21)17-12-8-16(22)20(10-12)13-6-4-2-3-5-7-13/h12-13H,2-10H2,1H3,(H,17,21)/t12-/m1/s1. The van der Waals surface area contributed by atoms with E-state index in [9.17, 15) is 9.59 Å². The lowest BCUT2D eigenvalue weighted by Crippen LogP contribution is -2.41. The van der Waals surface area contributed by atoms with Gasteiger partial charge in [-0.15, -0.1) is 0 Å². The average Bonchev–Trinajstić information content (AvgIpc) is 2.96. The lowest BCUT2D eigenvalue weighted by molar-refractivity contribution is -0.129. The Balaban J connectivity index is 1.52. The van der Waals surface area contributed by atoms with Crippen LogP contribution in [0.15, 0.2) is 4.63 Å². The minimum absolute atomic E-state index is 0.0987. The second kappa shape index (κ2) is 7.10. The van der Waals surface area contributed by atoms with Gasteiger partial charge in [-0.05, 0) is 19.8 Å². The largest absolute Gasteiger partial charge is 0.351 e. The second-order valence-corrected chi connectivity index (χ2v) is 6.63. The van der Waals surface area contributed by atoms with Crippen LogP contribution in [0.2, 0.25) is 0 Å². The van der Waals surface area contributed by atoms with Crippen molar-refractivity contribution in [1.82, 2.24) is 20.5 Å². The van der Waals surface area contributed by atoms with Gasteiger partial charge in [0.15, 0.2) is 0 Å². The molecule has 1 aliphatic heterocycles. The van der Waals surface area contributed by atoms with Gasteiger partial charge in [0.1, 0.15) is 11.4 Å². The van der Waals surface area contributed by atoms with Gasteiger partial charge >= 0.3 is 0 Å². The van der Waals surface area contributed by atoms with Crippen molar-refractivity contribution in [2.45, 2.75) is 70.4 Å². The molecule has 1 aromatic heterocycles. The molecular weight excluding hydrogens is 296 g/mol. The summed E-state index contributed by atoms with van der Waals surface area (Å²) in [6.07, 6.45) is 7.66. The smallest absolute Gasteiger partial charge is 0.226 e. The summed E-state index contributed by atoms with van der Waals surface area (Å²) in [5, 5.41) is 10.3. The third-order valence-corrected chi connectivity index (χ3v) is 4.86. The quantitative estimate of drug-likeness (QED) is 0.846. The SMILES string of the molecule is Cc1nonc1CC(=O)N[C@@H]1CC(=O)N(C2CCCCCC2)C1. The first-order valence-corrected chi connectivity index (χ1v) is 8.50. The Labute approximate surface area is 135 Å². The zero-order chi connectivity index (χ0) is 16.2. The predicted octanol–water partition coefficient (Wildman–Crippen LogP) is 1.36. The first-order chi connectivity index (χ1) is 11.1. The third-order valence-electron chi connectivity index (χ3n) is 4.86. The number of carbonyl (C=O) groups is 2. The molecule has 1 atom stereocenters. The molecule has 1 saturated heterocycles. The van der Waals surface area contributed by atoms with Gasteiger partial charge in [-0.1, -0.05) is 36.0 Å². The number of likely N-dealkylation sites (tertiary alicyclic amines) is 1. The number of aromatic nitrogens is 2. The highest BCUT2D eigenvalue weighted by Gasteiger charge is 2.35. The zero-order valence-electron chi connectivity index (χ0n) is 13.6. The summed E-state index contributed by atoms with van der Waals surface area (Å²) >= 11 is 0. The van der Waals surface area contributed by atoms with Crippen molar-refractivity contribution in [3.63, 3.8) is 0 Å². The topological polar surface area (TPSA) is 88.3 Å². The van der Waals surface area contributed by atoms with Gasteiger partial charge < -0.3 is 10.2 Å². The monoisotopic (exact) mass is 320 g/mol. The molecule has 0 spiro atoms. The maximum Gasteiger partial charge on any atom is 0.226 e. The van der Waals surface area contributed by atoms with Crippen LogP contribution in [0.1, 0.15) is 56.3 Å². The number of nitrogens with one attached hydrogen (secondary N) is 1. The number of hydrogen-bond donors (Lipinski definition) is 1. The summed E-state index contributed by atoms with van der Waals surface area (Å²) in [5.41, 5.74) is 1.18. The Morgan fingerprint density at radius 2 is 2.00 bits per heavy atom. The molecule has 0 bridgehead atoms. The molecule has 2 amide bonds. The van der Waals surface area contributed by atoms with Crippen LogP contribution in [-0.4, -0.2) is 45.7 Å². The van der Waals surface area contributed by atoms with Crippen molar-refractivity contribution in [1.29, 1.82) is 0 Å². The molecule has 2 fully saturated rings. The Hall–Kier alpha value is -1.92. The van der Waals surface area contributed by atoms with E-state index in [1.807, 2.05) is 4.90 Å². The molecule has 0 aromatic carbocycles. The average molecular weight is 320 g/mol. The fourth-order valence-corrected chi connectivity index (χ4v) is 3.59. The summed E-state index contributed by atoms with van der Waals surface area (Å²) in [7, 11) is 0. The molecule has 23 heavy (non-hydrogen) atoms. The second-order valence-electron chi connectivity index (χ2n) is 6.63. The summed E-state index contributed by atoms with van der Waals surface area (Å²) in [4.78, 5) is 26.4. The normalized spacial score (nSPS) is 23.1. The van der Waals surface area contributed by atoms with Gasteiger partial charge in [-0.25, -0.2) is 4.63 Å². The molecule has 1 aromatic rings. The lowest BCUT2D eigenvalue weighted by atomic mass is 10.1. The highest BCUT2D eigenvalue weighted by atomic mass is 16.6. The molecule has 0 radical (unpaired) electrons. The third kappa shape index (κ3) is 3.89. The van der Waals surface area contributed by atoms with Gasteiger partial charge in [-0.3, -0.25) is 9.59 Å². The lowest BCUT2D eigenvalue weighted by Gasteiger charge is -2.27. The Bertz CT molecular complexity index is 563. The number of nitrogens with zero attached hydrogens (tertiary/aromatic N) is 3. The van der Waals surface area contributed by atoms with E-state index in [1.165, 1.54) is 25.7 Å². The molecule has 1 saturated carbocycles. The van der Waals surface area contributed by atoms with E-state index < -0.39 is 0 Å².